The Hall–Kier alpha value is -2.16. The van der Waals surface area contributed by atoms with Crippen LogP contribution in [0.15, 0.2) is 18.2 Å². The molecule has 1 aromatic rings. The third-order valence-electron chi connectivity index (χ3n) is 2.03. The van der Waals surface area contributed by atoms with Crippen LogP contribution in [0.5, 0.6) is 5.75 Å². The summed E-state index contributed by atoms with van der Waals surface area (Å²) in [4.78, 5) is 10.6. The highest BCUT2D eigenvalue weighted by molar-refractivity contribution is 5.72. The molecule has 6 heteroatoms. The molecule has 19 heavy (non-hydrogen) atoms. The van der Waals surface area contributed by atoms with Crippen LogP contribution in [0.1, 0.15) is 18.9 Å². The van der Waals surface area contributed by atoms with Crippen LogP contribution in [-0.2, 0) is 4.79 Å². The first-order valence-corrected chi connectivity index (χ1v) is 5.47. The Bertz CT molecular complexity index is 506. The maximum absolute atomic E-state index is 13.4. The topological polar surface area (TPSA) is 38.3 Å². The van der Waals surface area contributed by atoms with E-state index in [9.17, 15) is 18.0 Å². The number of hydrogen-bond donors (Lipinski definition) is 1. The number of carbonyl (C=O) groups excluding carboxylic acids is 1. The van der Waals surface area contributed by atoms with E-state index in [1.165, 1.54) is 19.1 Å². The molecule has 0 fully saturated rings. The highest BCUT2D eigenvalue weighted by Gasteiger charge is 2.11. The lowest BCUT2D eigenvalue weighted by molar-refractivity contribution is -0.118. The van der Waals surface area contributed by atoms with Crippen LogP contribution >= 0.6 is 0 Å². The quantitative estimate of drug-likeness (QED) is 0.674. The SMILES string of the molecule is CC(=O)NCCC#Cc1c(F)cccc1OC(F)F. The fourth-order valence-corrected chi connectivity index (χ4v) is 1.27. The molecule has 0 radical (unpaired) electrons. The van der Waals surface area contributed by atoms with Gasteiger partial charge in [-0.25, -0.2) is 4.39 Å². The van der Waals surface area contributed by atoms with Crippen molar-refractivity contribution in [2.45, 2.75) is 20.0 Å². The van der Waals surface area contributed by atoms with Gasteiger partial charge in [0.25, 0.3) is 0 Å². The van der Waals surface area contributed by atoms with Gasteiger partial charge in [-0.05, 0) is 12.1 Å². The highest BCUT2D eigenvalue weighted by Crippen LogP contribution is 2.22. The van der Waals surface area contributed by atoms with Gasteiger partial charge in [0.15, 0.2) is 0 Å². The van der Waals surface area contributed by atoms with Crippen molar-refractivity contribution in [3.05, 3.63) is 29.6 Å². The molecular weight excluding hydrogens is 259 g/mol. The number of alkyl halides is 2. The first-order chi connectivity index (χ1) is 9.00. The average molecular weight is 271 g/mol. The number of carbonyl (C=O) groups is 1. The van der Waals surface area contributed by atoms with Gasteiger partial charge in [0, 0.05) is 19.9 Å². The van der Waals surface area contributed by atoms with Gasteiger partial charge in [-0.2, -0.15) is 8.78 Å². The molecule has 0 unspecified atom stereocenters. The van der Waals surface area contributed by atoms with Gasteiger partial charge in [-0.15, -0.1) is 0 Å². The lowest BCUT2D eigenvalue weighted by Gasteiger charge is -2.06. The largest absolute Gasteiger partial charge is 0.433 e. The van der Waals surface area contributed by atoms with E-state index in [4.69, 9.17) is 0 Å². The predicted octanol–water partition coefficient (Wildman–Crippen LogP) is 2.30. The normalized spacial score (nSPS) is 9.74. The summed E-state index contributed by atoms with van der Waals surface area (Å²) >= 11 is 0. The molecule has 0 atom stereocenters. The van der Waals surface area contributed by atoms with Crippen LogP contribution < -0.4 is 10.1 Å². The fraction of sp³-hybridized carbons (Fsp3) is 0.308. The third kappa shape index (κ3) is 5.34. The second kappa shape index (κ2) is 7.31. The van der Waals surface area contributed by atoms with E-state index in [2.05, 4.69) is 21.9 Å². The van der Waals surface area contributed by atoms with E-state index in [1.807, 2.05) is 0 Å². The van der Waals surface area contributed by atoms with Gasteiger partial charge in [0.2, 0.25) is 5.91 Å². The monoisotopic (exact) mass is 271 g/mol. The van der Waals surface area contributed by atoms with Gasteiger partial charge in [-0.3, -0.25) is 4.79 Å². The van der Waals surface area contributed by atoms with E-state index in [0.29, 0.717) is 6.54 Å². The van der Waals surface area contributed by atoms with Crippen LogP contribution in [0.25, 0.3) is 0 Å². The zero-order valence-corrected chi connectivity index (χ0v) is 10.2. The van der Waals surface area contributed by atoms with Crippen molar-refractivity contribution in [2.24, 2.45) is 0 Å². The Morgan fingerprint density at radius 2 is 2.21 bits per heavy atom. The number of halogens is 3. The summed E-state index contributed by atoms with van der Waals surface area (Å²) in [6.07, 6.45) is 0.280. The van der Waals surface area contributed by atoms with Crippen LogP contribution in [0.4, 0.5) is 13.2 Å². The minimum Gasteiger partial charge on any atom is -0.433 e. The minimum absolute atomic E-state index is 0.200. The third-order valence-corrected chi connectivity index (χ3v) is 2.03. The molecule has 0 aliphatic heterocycles. The molecule has 102 valence electrons. The molecule has 0 heterocycles. The van der Waals surface area contributed by atoms with Crippen molar-refractivity contribution in [2.75, 3.05) is 6.54 Å². The first-order valence-electron chi connectivity index (χ1n) is 5.47. The molecule has 0 saturated carbocycles. The molecule has 0 spiro atoms. The van der Waals surface area contributed by atoms with Crippen LogP contribution in [0, 0.1) is 17.7 Å². The van der Waals surface area contributed by atoms with E-state index in [-0.39, 0.29) is 23.6 Å². The fourth-order valence-electron chi connectivity index (χ4n) is 1.27. The van der Waals surface area contributed by atoms with E-state index >= 15 is 0 Å². The minimum atomic E-state index is -3.04. The molecule has 0 aromatic heterocycles. The average Bonchev–Trinajstić information content (AvgIpc) is 2.30. The molecule has 1 N–H and O–H groups in total. The summed E-state index contributed by atoms with van der Waals surface area (Å²) in [5.74, 6) is 3.77. The summed E-state index contributed by atoms with van der Waals surface area (Å²) in [6.45, 7) is -1.37. The van der Waals surface area contributed by atoms with Crippen molar-refractivity contribution in [1.82, 2.24) is 5.32 Å². The highest BCUT2D eigenvalue weighted by atomic mass is 19.3. The van der Waals surface area contributed by atoms with Gasteiger partial charge in [0.1, 0.15) is 17.1 Å². The summed E-state index contributed by atoms with van der Waals surface area (Å²) in [6, 6.07) is 3.58. The maximum atomic E-state index is 13.4. The van der Waals surface area contributed by atoms with Crippen LogP contribution in [0.3, 0.4) is 0 Å². The Balaban J connectivity index is 2.76. The zero-order chi connectivity index (χ0) is 14.3. The second-order valence-electron chi connectivity index (χ2n) is 3.53. The standard InChI is InChI=1S/C13H12F3NO2/c1-9(18)17-8-3-2-5-10-11(14)6-4-7-12(10)19-13(15)16/h4,6-7,13H,3,8H2,1H3,(H,17,18). The number of amides is 1. The molecule has 0 aliphatic rings. The van der Waals surface area contributed by atoms with E-state index in [0.717, 1.165) is 6.07 Å². The Kier molecular flexibility index (Phi) is 5.73. The summed E-state index contributed by atoms with van der Waals surface area (Å²) in [5, 5.41) is 2.51. The molecular formula is C13H12F3NO2. The van der Waals surface area contributed by atoms with Crippen molar-refractivity contribution >= 4 is 5.91 Å². The zero-order valence-electron chi connectivity index (χ0n) is 10.2. The van der Waals surface area contributed by atoms with E-state index in [1.54, 1.807) is 0 Å². The molecule has 3 nitrogen and oxygen atoms in total. The summed E-state index contributed by atoms with van der Waals surface area (Å²) in [5.41, 5.74) is -0.217. The van der Waals surface area contributed by atoms with Crippen molar-refractivity contribution < 1.29 is 22.7 Å². The number of nitrogens with one attached hydrogen (secondary N) is 1. The van der Waals surface area contributed by atoms with Crippen LogP contribution in [0.2, 0.25) is 0 Å². The second-order valence-corrected chi connectivity index (χ2v) is 3.53. The molecule has 1 rings (SSSR count). The lowest BCUT2D eigenvalue weighted by Crippen LogP contribution is -2.20. The Morgan fingerprint density at radius 3 is 2.84 bits per heavy atom. The summed E-state index contributed by atoms with van der Waals surface area (Å²) in [7, 11) is 0. The van der Waals surface area contributed by atoms with Crippen molar-refractivity contribution in [3.8, 4) is 17.6 Å². The smallest absolute Gasteiger partial charge is 0.387 e. The predicted molar refractivity (Wildman–Crippen MR) is 63.2 cm³/mol. The molecule has 1 aromatic carbocycles. The van der Waals surface area contributed by atoms with Gasteiger partial charge in [-0.1, -0.05) is 17.9 Å². The van der Waals surface area contributed by atoms with Gasteiger partial charge < -0.3 is 10.1 Å². The molecule has 0 bridgehead atoms. The molecule has 1 amide bonds. The van der Waals surface area contributed by atoms with Gasteiger partial charge in [0.05, 0.1) is 0 Å². The molecule has 0 aliphatic carbocycles. The Labute approximate surface area is 108 Å². The number of hydrogen-bond acceptors (Lipinski definition) is 2. The maximum Gasteiger partial charge on any atom is 0.387 e. The summed E-state index contributed by atoms with van der Waals surface area (Å²) < 4.78 is 41.9. The number of benzene rings is 1. The van der Waals surface area contributed by atoms with Crippen LogP contribution in [-0.4, -0.2) is 19.1 Å². The van der Waals surface area contributed by atoms with E-state index < -0.39 is 12.4 Å². The number of ether oxygens (including phenoxy) is 1. The van der Waals surface area contributed by atoms with Crippen molar-refractivity contribution in [3.63, 3.8) is 0 Å². The number of rotatable bonds is 4. The molecule has 0 saturated heterocycles. The lowest BCUT2D eigenvalue weighted by atomic mass is 10.2. The Morgan fingerprint density at radius 1 is 1.47 bits per heavy atom. The van der Waals surface area contributed by atoms with Crippen molar-refractivity contribution in [1.29, 1.82) is 0 Å². The van der Waals surface area contributed by atoms with Gasteiger partial charge >= 0.3 is 6.61 Å². The first kappa shape index (κ1) is 14.9.